The van der Waals surface area contributed by atoms with E-state index in [0.717, 1.165) is 78.8 Å². The summed E-state index contributed by atoms with van der Waals surface area (Å²) in [4.78, 5) is 16.4. The van der Waals surface area contributed by atoms with Crippen LogP contribution in [-0.2, 0) is 17.9 Å². The summed E-state index contributed by atoms with van der Waals surface area (Å²) < 4.78 is 13.9. The first-order valence-corrected chi connectivity index (χ1v) is 13.3. The lowest BCUT2D eigenvalue weighted by atomic mass is 10.0. The number of carbonyl (C=O) groups excluding carboxylic acids is 1. The van der Waals surface area contributed by atoms with Gasteiger partial charge < -0.3 is 24.3 Å². The SMILES string of the molecule is COCCCCn1c(C(=O)N(C(C)C)[C@@H]2CCCNC2)c(C)c2cccc(OCc3ccccc3)c21. The van der Waals surface area contributed by atoms with Crippen LogP contribution in [0, 0.1) is 6.92 Å². The molecule has 1 aliphatic rings. The van der Waals surface area contributed by atoms with Crippen LogP contribution in [0.5, 0.6) is 5.75 Å². The summed E-state index contributed by atoms with van der Waals surface area (Å²) in [5, 5.41) is 4.57. The fraction of sp³-hybridized carbons (Fsp3) is 0.500. The largest absolute Gasteiger partial charge is 0.487 e. The van der Waals surface area contributed by atoms with Gasteiger partial charge in [-0.05, 0) is 70.2 Å². The molecule has 1 fully saturated rings. The Kier molecular flexibility index (Phi) is 9.05. The third-order valence-corrected chi connectivity index (χ3v) is 7.17. The number of amides is 1. The van der Waals surface area contributed by atoms with Crippen molar-refractivity contribution in [2.45, 2.75) is 71.7 Å². The van der Waals surface area contributed by atoms with Crippen LogP contribution in [0.2, 0.25) is 0 Å². The number of hydrogen-bond donors (Lipinski definition) is 1. The predicted molar refractivity (Wildman–Crippen MR) is 146 cm³/mol. The second-order valence-electron chi connectivity index (χ2n) is 10.1. The molecule has 1 aliphatic heterocycles. The zero-order chi connectivity index (χ0) is 25.5. The van der Waals surface area contributed by atoms with Gasteiger partial charge in [0.25, 0.3) is 5.91 Å². The van der Waals surface area contributed by atoms with E-state index in [1.807, 2.05) is 30.3 Å². The first-order chi connectivity index (χ1) is 17.5. The Hall–Kier alpha value is -2.83. The van der Waals surface area contributed by atoms with Gasteiger partial charge >= 0.3 is 0 Å². The van der Waals surface area contributed by atoms with E-state index < -0.39 is 0 Å². The Morgan fingerprint density at radius 2 is 1.94 bits per heavy atom. The molecular weight excluding hydrogens is 450 g/mol. The molecule has 0 radical (unpaired) electrons. The summed E-state index contributed by atoms with van der Waals surface area (Å²) in [6.07, 6.45) is 4.00. The number of rotatable bonds is 11. The number of carbonyl (C=O) groups is 1. The maximum atomic E-state index is 14.3. The van der Waals surface area contributed by atoms with Crippen molar-refractivity contribution in [2.24, 2.45) is 0 Å². The van der Waals surface area contributed by atoms with Gasteiger partial charge in [0.15, 0.2) is 0 Å². The molecule has 0 unspecified atom stereocenters. The van der Waals surface area contributed by atoms with Crippen LogP contribution in [0.1, 0.15) is 61.1 Å². The minimum absolute atomic E-state index is 0.119. The molecule has 1 N–H and O–H groups in total. The molecule has 1 aromatic heterocycles. The maximum absolute atomic E-state index is 14.3. The number of nitrogens with zero attached hydrogens (tertiary/aromatic N) is 2. The minimum atomic E-state index is 0.119. The number of para-hydroxylation sites is 1. The highest BCUT2D eigenvalue weighted by atomic mass is 16.5. The minimum Gasteiger partial charge on any atom is -0.487 e. The zero-order valence-corrected chi connectivity index (χ0v) is 22.3. The summed E-state index contributed by atoms with van der Waals surface area (Å²) >= 11 is 0. The van der Waals surface area contributed by atoms with Gasteiger partial charge in [-0.25, -0.2) is 0 Å². The number of aromatic nitrogens is 1. The fourth-order valence-corrected chi connectivity index (χ4v) is 5.43. The fourth-order valence-electron chi connectivity index (χ4n) is 5.43. The zero-order valence-electron chi connectivity index (χ0n) is 22.3. The number of piperidine rings is 1. The van der Waals surface area contributed by atoms with E-state index in [9.17, 15) is 4.79 Å². The molecule has 1 atom stereocenters. The van der Waals surface area contributed by atoms with Crippen molar-refractivity contribution in [1.82, 2.24) is 14.8 Å². The van der Waals surface area contributed by atoms with E-state index in [0.29, 0.717) is 13.2 Å². The van der Waals surface area contributed by atoms with Gasteiger partial charge in [0.05, 0.1) is 5.52 Å². The van der Waals surface area contributed by atoms with Gasteiger partial charge in [0.1, 0.15) is 18.1 Å². The Labute approximate surface area is 215 Å². The molecule has 4 rings (SSSR count). The normalized spacial score (nSPS) is 16.0. The number of benzene rings is 2. The number of unbranched alkanes of at least 4 members (excludes halogenated alkanes) is 1. The van der Waals surface area contributed by atoms with Crippen molar-refractivity contribution in [3.8, 4) is 5.75 Å². The van der Waals surface area contributed by atoms with Crippen LogP contribution in [0.4, 0.5) is 0 Å². The van der Waals surface area contributed by atoms with Crippen molar-refractivity contribution >= 4 is 16.8 Å². The van der Waals surface area contributed by atoms with Crippen LogP contribution in [0.15, 0.2) is 48.5 Å². The third kappa shape index (κ3) is 5.76. The Morgan fingerprint density at radius 1 is 1.14 bits per heavy atom. The average Bonchev–Trinajstić information content (AvgIpc) is 3.18. The van der Waals surface area contributed by atoms with Crippen molar-refractivity contribution in [3.63, 3.8) is 0 Å². The third-order valence-electron chi connectivity index (χ3n) is 7.17. The van der Waals surface area contributed by atoms with Crippen LogP contribution < -0.4 is 10.1 Å². The number of ether oxygens (including phenoxy) is 2. The lowest BCUT2D eigenvalue weighted by molar-refractivity contribution is 0.0561. The highest BCUT2D eigenvalue weighted by Crippen LogP contribution is 2.35. The topological polar surface area (TPSA) is 55.7 Å². The van der Waals surface area contributed by atoms with Crippen LogP contribution in [0.3, 0.4) is 0 Å². The summed E-state index contributed by atoms with van der Waals surface area (Å²) in [6.45, 7) is 10.2. The second-order valence-corrected chi connectivity index (χ2v) is 10.1. The average molecular weight is 492 g/mol. The second kappa shape index (κ2) is 12.4. The predicted octanol–water partition coefficient (Wildman–Crippen LogP) is 5.56. The molecule has 36 heavy (non-hydrogen) atoms. The lowest BCUT2D eigenvalue weighted by Gasteiger charge is -2.38. The molecule has 1 saturated heterocycles. The summed E-state index contributed by atoms with van der Waals surface area (Å²) in [5.41, 5.74) is 3.95. The van der Waals surface area contributed by atoms with Crippen molar-refractivity contribution in [3.05, 3.63) is 65.4 Å². The number of aryl methyl sites for hydroxylation is 2. The maximum Gasteiger partial charge on any atom is 0.271 e. The first kappa shape index (κ1) is 26.2. The Bertz CT molecular complexity index is 1130. The smallest absolute Gasteiger partial charge is 0.271 e. The van der Waals surface area contributed by atoms with Gasteiger partial charge in [0, 0.05) is 44.3 Å². The standard InChI is InChI=1S/C30H41N3O3/c1-22(2)33(25-14-11-17-31-20-25)30(34)28-23(3)26-15-10-16-27(36-21-24-12-6-5-7-13-24)29(26)32(28)18-8-9-19-35-4/h5-7,10,12-13,15-16,22,25,31H,8-9,11,14,17-21H2,1-4H3/t25-/m1/s1. The van der Waals surface area contributed by atoms with Crippen LogP contribution >= 0.6 is 0 Å². The van der Waals surface area contributed by atoms with E-state index in [1.165, 1.54) is 0 Å². The van der Waals surface area contributed by atoms with Crippen LogP contribution in [-0.4, -0.2) is 54.3 Å². The molecule has 0 aliphatic carbocycles. The van der Waals surface area contributed by atoms with Gasteiger partial charge in [-0.3, -0.25) is 4.79 Å². The monoisotopic (exact) mass is 491 g/mol. The first-order valence-electron chi connectivity index (χ1n) is 13.3. The number of hydrogen-bond acceptors (Lipinski definition) is 4. The summed E-state index contributed by atoms with van der Waals surface area (Å²) in [6, 6.07) is 16.7. The molecule has 194 valence electrons. The highest BCUT2D eigenvalue weighted by Gasteiger charge is 2.32. The molecule has 2 heterocycles. The van der Waals surface area contributed by atoms with Crippen molar-refractivity contribution in [2.75, 3.05) is 26.8 Å². The van der Waals surface area contributed by atoms with E-state index in [4.69, 9.17) is 9.47 Å². The Morgan fingerprint density at radius 3 is 2.64 bits per heavy atom. The molecule has 0 bridgehead atoms. The Balaban J connectivity index is 1.75. The number of fused-ring (bicyclic) bond motifs is 1. The molecule has 6 nitrogen and oxygen atoms in total. The summed E-state index contributed by atoms with van der Waals surface area (Å²) in [7, 11) is 1.73. The highest BCUT2D eigenvalue weighted by molar-refractivity contribution is 6.03. The number of methoxy groups -OCH3 is 1. The van der Waals surface area contributed by atoms with E-state index in [-0.39, 0.29) is 18.0 Å². The van der Waals surface area contributed by atoms with E-state index in [2.05, 4.69) is 53.8 Å². The lowest BCUT2D eigenvalue weighted by Crippen LogP contribution is -2.52. The van der Waals surface area contributed by atoms with Crippen molar-refractivity contribution in [1.29, 1.82) is 0 Å². The number of nitrogens with one attached hydrogen (secondary N) is 1. The van der Waals surface area contributed by atoms with Crippen molar-refractivity contribution < 1.29 is 14.3 Å². The van der Waals surface area contributed by atoms with Crippen LogP contribution in [0.25, 0.3) is 10.9 Å². The van der Waals surface area contributed by atoms with Gasteiger partial charge in [-0.2, -0.15) is 0 Å². The molecule has 0 spiro atoms. The quantitative estimate of drug-likeness (QED) is 0.357. The molecule has 6 heteroatoms. The molecular formula is C30H41N3O3. The molecule has 3 aromatic rings. The van der Waals surface area contributed by atoms with Gasteiger partial charge in [0.2, 0.25) is 0 Å². The van der Waals surface area contributed by atoms with E-state index >= 15 is 0 Å². The molecule has 1 amide bonds. The van der Waals surface area contributed by atoms with E-state index in [1.54, 1.807) is 7.11 Å². The van der Waals surface area contributed by atoms with Gasteiger partial charge in [-0.15, -0.1) is 0 Å². The summed E-state index contributed by atoms with van der Waals surface area (Å²) in [5.74, 6) is 0.939. The van der Waals surface area contributed by atoms with Gasteiger partial charge in [-0.1, -0.05) is 42.5 Å². The molecule has 0 saturated carbocycles. The molecule has 2 aromatic carbocycles.